The minimum atomic E-state index is -1.32. The van der Waals surface area contributed by atoms with Crippen LogP contribution in [-0.4, -0.2) is 50.5 Å². The molecule has 1 heterocycles. The summed E-state index contributed by atoms with van der Waals surface area (Å²) < 4.78 is -1.32. The van der Waals surface area contributed by atoms with Crippen molar-refractivity contribution in [1.82, 2.24) is 10.2 Å². The molecule has 0 saturated carbocycles. The Labute approximate surface area is 196 Å². The van der Waals surface area contributed by atoms with E-state index >= 15 is 0 Å². The maximum atomic E-state index is 13.1. The van der Waals surface area contributed by atoms with E-state index in [2.05, 4.69) is 5.32 Å². The fraction of sp³-hybridized carbons (Fsp3) is 0.348. The Morgan fingerprint density at radius 1 is 1.22 bits per heavy atom. The SMILES string of the molecule is CC1(C(N)=O)SCN(C(=O)C(O)CCc2ccccc2)C1C(=O)NCc1ccccc1Cl. The van der Waals surface area contributed by atoms with Gasteiger partial charge in [-0.2, -0.15) is 0 Å². The molecule has 1 aliphatic rings. The van der Waals surface area contributed by atoms with E-state index in [-0.39, 0.29) is 18.8 Å². The monoisotopic (exact) mass is 475 g/mol. The number of aliphatic hydroxyl groups excluding tert-OH is 1. The van der Waals surface area contributed by atoms with E-state index < -0.39 is 34.6 Å². The minimum absolute atomic E-state index is 0.0743. The van der Waals surface area contributed by atoms with Gasteiger partial charge in [0.25, 0.3) is 5.91 Å². The van der Waals surface area contributed by atoms with Crippen molar-refractivity contribution in [2.45, 2.75) is 43.2 Å². The first kappa shape index (κ1) is 24.1. The van der Waals surface area contributed by atoms with Crippen molar-refractivity contribution in [3.05, 3.63) is 70.7 Å². The van der Waals surface area contributed by atoms with E-state index in [1.54, 1.807) is 31.2 Å². The lowest BCUT2D eigenvalue weighted by Gasteiger charge is -2.31. The highest BCUT2D eigenvalue weighted by Crippen LogP contribution is 2.40. The molecule has 0 aliphatic carbocycles. The quantitative estimate of drug-likeness (QED) is 0.541. The second kappa shape index (κ2) is 10.4. The number of aliphatic hydroxyl groups is 1. The molecule has 0 bridgehead atoms. The molecule has 170 valence electrons. The number of hydrogen-bond acceptors (Lipinski definition) is 5. The van der Waals surface area contributed by atoms with Crippen LogP contribution in [0.4, 0.5) is 0 Å². The number of thioether (sulfide) groups is 1. The van der Waals surface area contributed by atoms with Crippen LogP contribution < -0.4 is 11.1 Å². The number of nitrogens with zero attached hydrogens (tertiary/aromatic N) is 1. The summed E-state index contributed by atoms with van der Waals surface area (Å²) in [5.74, 6) is -1.75. The van der Waals surface area contributed by atoms with Gasteiger partial charge in [-0.25, -0.2) is 0 Å². The maximum Gasteiger partial charge on any atom is 0.252 e. The Kier molecular flexibility index (Phi) is 7.82. The molecule has 0 aromatic heterocycles. The number of primary amides is 1. The average Bonchev–Trinajstić information content (AvgIpc) is 3.15. The lowest BCUT2D eigenvalue weighted by Crippen LogP contribution is -2.59. The van der Waals surface area contributed by atoms with Crippen LogP contribution in [0.1, 0.15) is 24.5 Å². The Morgan fingerprint density at radius 3 is 2.53 bits per heavy atom. The Hall–Kier alpha value is -2.55. The van der Waals surface area contributed by atoms with Crippen molar-refractivity contribution >= 4 is 41.1 Å². The van der Waals surface area contributed by atoms with E-state index in [4.69, 9.17) is 17.3 Å². The number of benzene rings is 2. The molecule has 3 unspecified atom stereocenters. The molecular formula is C23H26ClN3O4S. The molecule has 2 aromatic rings. The Bertz CT molecular complexity index is 990. The normalized spacial score (nSPS) is 21.2. The van der Waals surface area contributed by atoms with Crippen LogP contribution in [0.5, 0.6) is 0 Å². The van der Waals surface area contributed by atoms with Crippen molar-refractivity contribution in [1.29, 1.82) is 0 Å². The highest BCUT2D eigenvalue weighted by atomic mass is 35.5. The number of rotatable bonds is 8. The van der Waals surface area contributed by atoms with Gasteiger partial charge in [-0.3, -0.25) is 14.4 Å². The van der Waals surface area contributed by atoms with Gasteiger partial charge < -0.3 is 21.1 Å². The van der Waals surface area contributed by atoms with Crippen molar-refractivity contribution in [3.63, 3.8) is 0 Å². The fourth-order valence-electron chi connectivity index (χ4n) is 3.63. The number of nitrogens with two attached hydrogens (primary N) is 1. The van der Waals surface area contributed by atoms with Crippen LogP contribution in [0.15, 0.2) is 54.6 Å². The first-order chi connectivity index (χ1) is 15.2. The molecule has 1 fully saturated rings. The van der Waals surface area contributed by atoms with Gasteiger partial charge in [0.1, 0.15) is 16.9 Å². The summed E-state index contributed by atoms with van der Waals surface area (Å²) >= 11 is 7.27. The topological polar surface area (TPSA) is 113 Å². The Morgan fingerprint density at radius 2 is 1.88 bits per heavy atom. The maximum absolute atomic E-state index is 13.1. The summed E-state index contributed by atoms with van der Waals surface area (Å²) in [6.45, 7) is 1.68. The molecule has 3 rings (SSSR count). The van der Waals surface area contributed by atoms with Crippen LogP contribution in [-0.2, 0) is 27.3 Å². The second-order valence-corrected chi connectivity index (χ2v) is 9.61. The molecule has 2 aromatic carbocycles. The molecule has 0 radical (unpaired) electrons. The summed E-state index contributed by atoms with van der Waals surface area (Å²) in [6, 6.07) is 15.4. The first-order valence-corrected chi connectivity index (χ1v) is 11.6. The first-order valence-electron chi connectivity index (χ1n) is 10.2. The zero-order valence-corrected chi connectivity index (χ0v) is 19.2. The molecule has 0 spiro atoms. The van der Waals surface area contributed by atoms with Crippen molar-refractivity contribution in [2.75, 3.05) is 5.88 Å². The highest BCUT2D eigenvalue weighted by Gasteiger charge is 2.55. The smallest absolute Gasteiger partial charge is 0.252 e. The Balaban J connectivity index is 1.73. The molecule has 7 nitrogen and oxygen atoms in total. The van der Waals surface area contributed by atoms with Crippen LogP contribution in [0.2, 0.25) is 5.02 Å². The van der Waals surface area contributed by atoms with E-state index in [0.717, 1.165) is 17.3 Å². The minimum Gasteiger partial charge on any atom is -0.383 e. The molecule has 1 aliphatic heterocycles. The van der Waals surface area contributed by atoms with Crippen molar-refractivity contribution in [2.24, 2.45) is 5.73 Å². The van der Waals surface area contributed by atoms with Gasteiger partial charge >= 0.3 is 0 Å². The third kappa shape index (κ3) is 5.26. The molecule has 1 saturated heterocycles. The van der Waals surface area contributed by atoms with Crippen LogP contribution in [0, 0.1) is 0 Å². The van der Waals surface area contributed by atoms with E-state index in [9.17, 15) is 19.5 Å². The number of amides is 3. The molecule has 9 heteroatoms. The largest absolute Gasteiger partial charge is 0.383 e. The van der Waals surface area contributed by atoms with Crippen LogP contribution in [0.25, 0.3) is 0 Å². The number of carbonyl (C=O) groups is 3. The number of aryl methyl sites for hydroxylation is 1. The van der Waals surface area contributed by atoms with Gasteiger partial charge in [-0.05, 0) is 37.0 Å². The van der Waals surface area contributed by atoms with Crippen LogP contribution >= 0.6 is 23.4 Å². The van der Waals surface area contributed by atoms with E-state index in [1.807, 2.05) is 30.3 Å². The van der Waals surface area contributed by atoms with Crippen molar-refractivity contribution < 1.29 is 19.5 Å². The molecule has 3 atom stereocenters. The lowest BCUT2D eigenvalue weighted by atomic mass is 9.96. The predicted molar refractivity (Wildman–Crippen MR) is 125 cm³/mol. The summed E-state index contributed by atoms with van der Waals surface area (Å²) in [7, 11) is 0. The summed E-state index contributed by atoms with van der Waals surface area (Å²) in [5.41, 5.74) is 7.30. The molecule has 4 N–H and O–H groups in total. The highest BCUT2D eigenvalue weighted by molar-refractivity contribution is 8.01. The van der Waals surface area contributed by atoms with Gasteiger partial charge in [0.15, 0.2) is 0 Å². The number of nitrogens with one attached hydrogen (secondary N) is 1. The average molecular weight is 476 g/mol. The van der Waals surface area contributed by atoms with Gasteiger partial charge in [0.05, 0.1) is 5.88 Å². The predicted octanol–water partition coefficient (Wildman–Crippen LogP) is 2.10. The number of halogens is 1. The third-order valence-electron chi connectivity index (χ3n) is 5.60. The van der Waals surface area contributed by atoms with Gasteiger partial charge in [0, 0.05) is 11.6 Å². The van der Waals surface area contributed by atoms with Gasteiger partial charge in [0.2, 0.25) is 11.8 Å². The standard InChI is InChI=1S/C23H26ClN3O4S/c1-23(22(25)31)19(20(29)26-13-16-9-5-6-10-17(16)24)27(14-32-23)21(30)18(28)12-11-15-7-3-2-4-8-15/h2-10,18-19,28H,11-14H2,1H3,(H2,25,31)(H,26,29). The zero-order chi connectivity index (χ0) is 23.3. The van der Waals surface area contributed by atoms with Crippen LogP contribution in [0.3, 0.4) is 0 Å². The second-order valence-electron chi connectivity index (χ2n) is 7.80. The lowest BCUT2D eigenvalue weighted by molar-refractivity contribution is -0.147. The summed E-state index contributed by atoms with van der Waals surface area (Å²) in [4.78, 5) is 39.6. The van der Waals surface area contributed by atoms with Gasteiger partial charge in [-0.15, -0.1) is 11.8 Å². The van der Waals surface area contributed by atoms with E-state index in [1.165, 1.54) is 4.90 Å². The molecule has 3 amide bonds. The number of hydrogen-bond donors (Lipinski definition) is 3. The van der Waals surface area contributed by atoms with Crippen molar-refractivity contribution in [3.8, 4) is 0 Å². The number of carbonyl (C=O) groups excluding carboxylic acids is 3. The third-order valence-corrected chi connectivity index (χ3v) is 7.40. The summed E-state index contributed by atoms with van der Waals surface area (Å²) in [5, 5.41) is 13.8. The van der Waals surface area contributed by atoms with E-state index in [0.29, 0.717) is 17.0 Å². The fourth-order valence-corrected chi connectivity index (χ4v) is 5.05. The summed E-state index contributed by atoms with van der Waals surface area (Å²) in [6.07, 6.45) is -0.596. The van der Waals surface area contributed by atoms with Gasteiger partial charge in [-0.1, -0.05) is 60.1 Å². The molecular weight excluding hydrogens is 450 g/mol. The zero-order valence-electron chi connectivity index (χ0n) is 17.7. The molecule has 32 heavy (non-hydrogen) atoms.